The van der Waals surface area contributed by atoms with Crippen LogP contribution in [0.3, 0.4) is 0 Å². The van der Waals surface area contributed by atoms with Gasteiger partial charge in [-0.15, -0.1) is 0 Å². The Morgan fingerprint density at radius 1 is 0.263 bits per heavy atom. The van der Waals surface area contributed by atoms with Gasteiger partial charge in [0.2, 0.25) is 0 Å². The van der Waals surface area contributed by atoms with Crippen molar-refractivity contribution in [1.29, 1.82) is 0 Å². The summed E-state index contributed by atoms with van der Waals surface area (Å²) in [5, 5.41) is 0. The van der Waals surface area contributed by atoms with Crippen molar-refractivity contribution in [1.82, 2.24) is 0 Å². The topological polar surface area (TPSA) is 137 Å². The van der Waals surface area contributed by atoms with Crippen molar-refractivity contribution in [2.45, 2.75) is 110 Å². The van der Waals surface area contributed by atoms with Crippen LogP contribution in [0.2, 0.25) is 0 Å². The standard InChI is InChI=1S/C43H86O14/c1-3-4-5-6-7-8-9-10-11-12-13-14-15-16-17-18-19-46-20-21-47-22-23-48-24-25-49-26-27-50-28-29-51-30-31-52-32-33-53-34-35-54-36-37-55-38-39-56-40-41-57-42-43(44)45-2/h3-42H2,1-2H3. The Balaban J connectivity index is 3.06. The molecule has 0 aliphatic carbocycles. The highest BCUT2D eigenvalue weighted by Crippen LogP contribution is 2.13. The van der Waals surface area contributed by atoms with Crippen molar-refractivity contribution in [3.05, 3.63) is 0 Å². The number of ether oxygens (including phenoxy) is 13. The summed E-state index contributed by atoms with van der Waals surface area (Å²) < 4.78 is 70.1. The molecule has 342 valence electrons. The smallest absolute Gasteiger partial charge is 0.331 e. The third-order valence-electron chi connectivity index (χ3n) is 8.68. The minimum Gasteiger partial charge on any atom is -0.467 e. The van der Waals surface area contributed by atoms with E-state index < -0.39 is 5.97 Å². The molecule has 0 spiro atoms. The predicted octanol–water partition coefficient (Wildman–Crippen LogP) is 6.62. The Morgan fingerprint density at radius 2 is 0.456 bits per heavy atom. The Labute approximate surface area is 347 Å². The Morgan fingerprint density at radius 3 is 0.684 bits per heavy atom. The van der Waals surface area contributed by atoms with Gasteiger partial charge < -0.3 is 61.6 Å². The van der Waals surface area contributed by atoms with Crippen molar-refractivity contribution in [2.75, 3.05) is 166 Å². The molecular weight excluding hydrogens is 740 g/mol. The highest BCUT2D eigenvalue weighted by Gasteiger charge is 2.00. The van der Waals surface area contributed by atoms with Gasteiger partial charge in [-0.1, -0.05) is 103 Å². The number of unbranched alkanes of at least 4 members (excludes halogenated alkanes) is 15. The molecule has 14 heteroatoms. The molecule has 0 rings (SSSR count). The molecule has 0 bridgehead atoms. The lowest BCUT2D eigenvalue weighted by molar-refractivity contribution is -0.146. The van der Waals surface area contributed by atoms with Crippen molar-refractivity contribution in [2.24, 2.45) is 0 Å². The fourth-order valence-electron chi connectivity index (χ4n) is 5.39. The maximum atomic E-state index is 10.9. The van der Waals surface area contributed by atoms with Crippen molar-refractivity contribution < 1.29 is 66.4 Å². The maximum Gasteiger partial charge on any atom is 0.331 e. The van der Waals surface area contributed by atoms with E-state index in [4.69, 9.17) is 56.8 Å². The lowest BCUT2D eigenvalue weighted by Crippen LogP contribution is -2.16. The van der Waals surface area contributed by atoms with Gasteiger partial charge in [-0.2, -0.15) is 0 Å². The molecule has 0 aliphatic heterocycles. The van der Waals surface area contributed by atoms with Gasteiger partial charge >= 0.3 is 5.97 Å². The zero-order chi connectivity index (χ0) is 41.1. The number of hydrogen-bond acceptors (Lipinski definition) is 14. The summed E-state index contributed by atoms with van der Waals surface area (Å²) in [7, 11) is 1.32. The quantitative estimate of drug-likeness (QED) is 0.0480. The first-order valence-electron chi connectivity index (χ1n) is 22.3. The second kappa shape index (κ2) is 53.0. The average molecular weight is 827 g/mol. The van der Waals surface area contributed by atoms with E-state index >= 15 is 0 Å². The minimum absolute atomic E-state index is 0.0690. The molecule has 0 saturated carbocycles. The van der Waals surface area contributed by atoms with Gasteiger partial charge in [0.1, 0.15) is 6.61 Å². The molecule has 57 heavy (non-hydrogen) atoms. The molecular formula is C43H86O14. The van der Waals surface area contributed by atoms with E-state index in [1.165, 1.54) is 103 Å². The van der Waals surface area contributed by atoms with Crippen LogP contribution in [-0.4, -0.2) is 172 Å². The van der Waals surface area contributed by atoms with Gasteiger partial charge in [0.15, 0.2) is 0 Å². The maximum absolute atomic E-state index is 10.9. The summed E-state index contributed by atoms with van der Waals surface area (Å²) in [6.45, 7) is 14.1. The van der Waals surface area contributed by atoms with Crippen molar-refractivity contribution in [3.8, 4) is 0 Å². The van der Waals surface area contributed by atoms with Gasteiger partial charge in [-0.05, 0) is 6.42 Å². The Bertz CT molecular complexity index is 736. The van der Waals surface area contributed by atoms with Crippen LogP contribution in [0.15, 0.2) is 0 Å². The summed E-state index contributed by atoms with van der Waals surface area (Å²) in [6.07, 6.45) is 22.1. The highest BCUT2D eigenvalue weighted by atomic mass is 16.6. The van der Waals surface area contributed by atoms with Crippen LogP contribution in [0.25, 0.3) is 0 Å². The summed E-state index contributed by atoms with van der Waals surface area (Å²) in [4.78, 5) is 10.9. The molecule has 0 unspecified atom stereocenters. The van der Waals surface area contributed by atoms with E-state index in [9.17, 15) is 4.79 Å². The Hall–Kier alpha value is -1.01. The zero-order valence-corrected chi connectivity index (χ0v) is 36.5. The second-order valence-corrected chi connectivity index (χ2v) is 13.7. The fraction of sp³-hybridized carbons (Fsp3) is 0.977. The van der Waals surface area contributed by atoms with Gasteiger partial charge in [0.25, 0.3) is 0 Å². The van der Waals surface area contributed by atoms with Crippen LogP contribution in [-0.2, 0) is 66.4 Å². The van der Waals surface area contributed by atoms with E-state index in [0.717, 1.165) is 13.0 Å². The number of methoxy groups -OCH3 is 1. The molecule has 0 fully saturated rings. The lowest BCUT2D eigenvalue weighted by Gasteiger charge is -2.09. The van der Waals surface area contributed by atoms with E-state index in [1.807, 2.05) is 0 Å². The molecule has 0 heterocycles. The van der Waals surface area contributed by atoms with Crippen LogP contribution in [0.5, 0.6) is 0 Å². The normalized spacial score (nSPS) is 11.5. The summed E-state index contributed by atoms with van der Waals surface area (Å²) >= 11 is 0. The summed E-state index contributed by atoms with van der Waals surface area (Å²) in [5.74, 6) is -0.406. The van der Waals surface area contributed by atoms with Gasteiger partial charge in [-0.3, -0.25) is 0 Å². The van der Waals surface area contributed by atoms with Gasteiger partial charge in [-0.25, -0.2) is 4.79 Å². The monoisotopic (exact) mass is 827 g/mol. The predicted molar refractivity (Wildman–Crippen MR) is 221 cm³/mol. The summed E-state index contributed by atoms with van der Waals surface area (Å²) in [5.41, 5.74) is 0. The molecule has 0 aromatic carbocycles. The third-order valence-corrected chi connectivity index (χ3v) is 8.68. The summed E-state index contributed by atoms with van der Waals surface area (Å²) in [6, 6.07) is 0. The van der Waals surface area contributed by atoms with E-state index in [-0.39, 0.29) is 6.61 Å². The molecule has 0 atom stereocenters. The molecule has 0 aromatic heterocycles. The van der Waals surface area contributed by atoms with E-state index in [1.54, 1.807) is 0 Å². The third kappa shape index (κ3) is 53.0. The first-order chi connectivity index (χ1) is 28.3. The second-order valence-electron chi connectivity index (χ2n) is 13.7. The molecule has 0 N–H and O–H groups in total. The molecule has 0 saturated heterocycles. The molecule has 0 aromatic rings. The zero-order valence-electron chi connectivity index (χ0n) is 36.5. The molecule has 14 nitrogen and oxygen atoms in total. The van der Waals surface area contributed by atoms with Crippen molar-refractivity contribution >= 4 is 5.97 Å². The highest BCUT2D eigenvalue weighted by molar-refractivity contribution is 5.70. The van der Waals surface area contributed by atoms with Gasteiger partial charge in [0.05, 0.1) is 152 Å². The lowest BCUT2D eigenvalue weighted by atomic mass is 10.0. The van der Waals surface area contributed by atoms with Crippen LogP contribution >= 0.6 is 0 Å². The van der Waals surface area contributed by atoms with Crippen LogP contribution < -0.4 is 0 Å². The molecule has 0 amide bonds. The number of hydrogen-bond donors (Lipinski definition) is 0. The van der Waals surface area contributed by atoms with Crippen molar-refractivity contribution in [3.63, 3.8) is 0 Å². The molecule has 0 aliphatic rings. The van der Waals surface area contributed by atoms with Crippen LogP contribution in [0.4, 0.5) is 0 Å². The number of rotatable bonds is 52. The minimum atomic E-state index is -0.406. The number of carbonyl (C=O) groups is 1. The van der Waals surface area contributed by atoms with Crippen LogP contribution in [0.1, 0.15) is 110 Å². The van der Waals surface area contributed by atoms with Gasteiger partial charge in [0, 0.05) is 6.61 Å². The Kier molecular flexibility index (Phi) is 52.1. The van der Waals surface area contributed by atoms with E-state index in [0.29, 0.717) is 145 Å². The number of esters is 1. The molecule has 0 radical (unpaired) electrons. The first-order valence-corrected chi connectivity index (χ1v) is 22.3. The largest absolute Gasteiger partial charge is 0.467 e. The average Bonchev–Trinajstić information content (AvgIpc) is 3.22. The number of carbonyl (C=O) groups excluding carboxylic acids is 1. The first kappa shape index (κ1) is 56.0. The SMILES string of the molecule is CCCCCCCCCCCCCCCCCCOCCOCCOCCOCCOCCOCCOCCOCCOCCOCCOCCOCC(=O)OC. The van der Waals surface area contributed by atoms with Crippen LogP contribution in [0, 0.1) is 0 Å². The van der Waals surface area contributed by atoms with E-state index in [2.05, 4.69) is 11.7 Å². The fourth-order valence-corrected chi connectivity index (χ4v) is 5.39.